The molecule has 76 valence electrons. The summed E-state index contributed by atoms with van der Waals surface area (Å²) in [6.07, 6.45) is 7.27. The molecule has 1 atom stereocenters. The minimum absolute atomic E-state index is 0.0642. The lowest BCUT2D eigenvalue weighted by Crippen LogP contribution is -2.19. The van der Waals surface area contributed by atoms with E-state index in [1.54, 1.807) is 19.3 Å². The third-order valence-electron chi connectivity index (χ3n) is 2.30. The standard InChI is InChI=1S/C12H12N2O/c1-9(15)10-5-6-12(14-8-10)11-4-2-3-7-13-11/h2-8,12,14H,1H3. The quantitative estimate of drug-likeness (QED) is 0.790. The first-order chi connectivity index (χ1) is 7.27. The van der Waals surface area contributed by atoms with Crippen LogP contribution in [-0.2, 0) is 4.79 Å². The monoisotopic (exact) mass is 200 g/mol. The summed E-state index contributed by atoms with van der Waals surface area (Å²) >= 11 is 0. The van der Waals surface area contributed by atoms with Gasteiger partial charge in [-0.3, -0.25) is 9.78 Å². The second-order valence-corrected chi connectivity index (χ2v) is 3.41. The Bertz CT molecular complexity index is 421. The Balaban J connectivity index is 2.14. The second-order valence-electron chi connectivity index (χ2n) is 3.41. The molecule has 1 aliphatic rings. The van der Waals surface area contributed by atoms with Gasteiger partial charge in [-0.15, -0.1) is 0 Å². The molecule has 2 heterocycles. The minimum atomic E-state index is 0.0642. The van der Waals surface area contributed by atoms with Gasteiger partial charge in [0.15, 0.2) is 5.78 Å². The summed E-state index contributed by atoms with van der Waals surface area (Å²) in [6, 6.07) is 5.85. The largest absolute Gasteiger partial charge is 0.379 e. The van der Waals surface area contributed by atoms with Crippen LogP contribution in [0.15, 0.2) is 48.3 Å². The Hall–Kier alpha value is -1.90. The van der Waals surface area contributed by atoms with Crippen molar-refractivity contribution in [1.29, 1.82) is 0 Å². The van der Waals surface area contributed by atoms with Crippen LogP contribution in [0.4, 0.5) is 0 Å². The van der Waals surface area contributed by atoms with Crippen molar-refractivity contribution in [2.45, 2.75) is 13.0 Å². The number of rotatable bonds is 2. The molecule has 0 bridgehead atoms. The highest BCUT2D eigenvalue weighted by Gasteiger charge is 2.12. The van der Waals surface area contributed by atoms with E-state index >= 15 is 0 Å². The van der Waals surface area contributed by atoms with Gasteiger partial charge in [0, 0.05) is 18.0 Å². The summed E-state index contributed by atoms with van der Waals surface area (Å²) in [4.78, 5) is 15.3. The molecule has 1 aromatic rings. The zero-order valence-electron chi connectivity index (χ0n) is 8.47. The van der Waals surface area contributed by atoms with Crippen LogP contribution in [0.1, 0.15) is 18.7 Å². The molecule has 0 saturated heterocycles. The van der Waals surface area contributed by atoms with Gasteiger partial charge in [0.1, 0.15) is 0 Å². The lowest BCUT2D eigenvalue weighted by molar-refractivity contribution is -0.113. The number of carbonyl (C=O) groups is 1. The predicted molar refractivity (Wildman–Crippen MR) is 58.0 cm³/mol. The van der Waals surface area contributed by atoms with Gasteiger partial charge in [-0.2, -0.15) is 0 Å². The molecule has 0 aromatic carbocycles. The Morgan fingerprint density at radius 1 is 1.47 bits per heavy atom. The zero-order chi connectivity index (χ0) is 10.7. The molecule has 0 radical (unpaired) electrons. The van der Waals surface area contributed by atoms with Crippen molar-refractivity contribution in [2.24, 2.45) is 0 Å². The van der Waals surface area contributed by atoms with Crippen LogP contribution >= 0.6 is 0 Å². The third kappa shape index (κ3) is 2.13. The highest BCUT2D eigenvalue weighted by atomic mass is 16.1. The molecule has 1 aliphatic heterocycles. The maximum absolute atomic E-state index is 11.1. The SMILES string of the molecule is CC(=O)C1=CNC(c2ccccn2)C=C1. The van der Waals surface area contributed by atoms with Crippen molar-refractivity contribution >= 4 is 5.78 Å². The molecule has 0 aliphatic carbocycles. The molecule has 15 heavy (non-hydrogen) atoms. The lowest BCUT2D eigenvalue weighted by atomic mass is 10.1. The molecule has 1 unspecified atom stereocenters. The number of dihydropyridines is 1. The van der Waals surface area contributed by atoms with E-state index in [1.807, 2.05) is 30.4 Å². The number of carbonyl (C=O) groups excluding carboxylic acids is 1. The number of hydrogen-bond donors (Lipinski definition) is 1. The first-order valence-corrected chi connectivity index (χ1v) is 4.83. The number of allylic oxidation sites excluding steroid dienone is 2. The summed E-state index contributed by atoms with van der Waals surface area (Å²) < 4.78 is 0. The van der Waals surface area contributed by atoms with E-state index in [0.29, 0.717) is 5.57 Å². The maximum Gasteiger partial charge on any atom is 0.161 e. The van der Waals surface area contributed by atoms with Crippen LogP contribution in [0.2, 0.25) is 0 Å². The van der Waals surface area contributed by atoms with E-state index in [0.717, 1.165) is 5.69 Å². The Morgan fingerprint density at radius 2 is 2.33 bits per heavy atom. The summed E-state index contributed by atoms with van der Waals surface area (Å²) in [5.41, 5.74) is 1.65. The Kier molecular flexibility index (Phi) is 2.63. The number of pyridine rings is 1. The molecular weight excluding hydrogens is 188 g/mol. The molecule has 0 saturated carbocycles. The summed E-state index contributed by atoms with van der Waals surface area (Å²) in [6.45, 7) is 1.55. The number of aromatic nitrogens is 1. The average Bonchev–Trinajstić information content (AvgIpc) is 2.30. The topological polar surface area (TPSA) is 42.0 Å². The highest BCUT2D eigenvalue weighted by molar-refractivity contribution is 5.96. The van der Waals surface area contributed by atoms with Crippen molar-refractivity contribution in [3.05, 3.63) is 54.0 Å². The highest BCUT2D eigenvalue weighted by Crippen LogP contribution is 2.16. The van der Waals surface area contributed by atoms with Gasteiger partial charge in [0.2, 0.25) is 0 Å². The van der Waals surface area contributed by atoms with E-state index in [9.17, 15) is 4.79 Å². The number of Topliss-reactive ketones (excluding diaryl/α,β-unsaturated/α-hetero) is 1. The molecule has 0 spiro atoms. The van der Waals surface area contributed by atoms with E-state index in [2.05, 4.69) is 10.3 Å². The summed E-state index contributed by atoms with van der Waals surface area (Å²) in [7, 11) is 0. The van der Waals surface area contributed by atoms with E-state index in [-0.39, 0.29) is 11.8 Å². The smallest absolute Gasteiger partial charge is 0.161 e. The zero-order valence-corrected chi connectivity index (χ0v) is 8.47. The van der Waals surface area contributed by atoms with Crippen LogP contribution in [0.3, 0.4) is 0 Å². The molecule has 0 amide bonds. The number of nitrogens with one attached hydrogen (secondary N) is 1. The average molecular weight is 200 g/mol. The first kappa shape index (κ1) is 9.65. The third-order valence-corrected chi connectivity index (χ3v) is 2.30. The number of hydrogen-bond acceptors (Lipinski definition) is 3. The lowest BCUT2D eigenvalue weighted by Gasteiger charge is -2.17. The van der Waals surface area contributed by atoms with Crippen molar-refractivity contribution in [1.82, 2.24) is 10.3 Å². The van der Waals surface area contributed by atoms with Crippen LogP contribution in [0.5, 0.6) is 0 Å². The van der Waals surface area contributed by atoms with Crippen LogP contribution in [0.25, 0.3) is 0 Å². The molecule has 1 N–H and O–H groups in total. The van der Waals surface area contributed by atoms with Crippen molar-refractivity contribution in [2.75, 3.05) is 0 Å². The molecule has 0 fully saturated rings. The van der Waals surface area contributed by atoms with Gasteiger partial charge in [-0.05, 0) is 19.1 Å². The van der Waals surface area contributed by atoms with Gasteiger partial charge in [0.05, 0.1) is 11.7 Å². The van der Waals surface area contributed by atoms with Crippen molar-refractivity contribution in [3.63, 3.8) is 0 Å². The minimum Gasteiger partial charge on any atom is -0.379 e. The molecular formula is C12H12N2O. The van der Waals surface area contributed by atoms with Gasteiger partial charge in [-0.1, -0.05) is 18.2 Å². The first-order valence-electron chi connectivity index (χ1n) is 4.83. The fourth-order valence-electron chi connectivity index (χ4n) is 1.45. The van der Waals surface area contributed by atoms with E-state index < -0.39 is 0 Å². The fraction of sp³-hybridized carbons (Fsp3) is 0.167. The summed E-state index contributed by atoms with van der Waals surface area (Å²) in [5.74, 6) is 0.0678. The number of ketones is 1. The summed E-state index contributed by atoms with van der Waals surface area (Å²) in [5, 5.41) is 3.13. The van der Waals surface area contributed by atoms with Crippen LogP contribution in [-0.4, -0.2) is 10.8 Å². The van der Waals surface area contributed by atoms with Crippen molar-refractivity contribution < 1.29 is 4.79 Å². The predicted octanol–water partition coefficient (Wildman–Crippen LogP) is 1.75. The second kappa shape index (κ2) is 4.09. The van der Waals surface area contributed by atoms with Gasteiger partial charge < -0.3 is 5.32 Å². The van der Waals surface area contributed by atoms with Gasteiger partial charge >= 0.3 is 0 Å². The maximum atomic E-state index is 11.1. The molecule has 2 rings (SSSR count). The Morgan fingerprint density at radius 3 is 2.87 bits per heavy atom. The molecule has 3 heteroatoms. The molecule has 1 aromatic heterocycles. The fourth-order valence-corrected chi connectivity index (χ4v) is 1.45. The van der Waals surface area contributed by atoms with Gasteiger partial charge in [0.25, 0.3) is 0 Å². The van der Waals surface area contributed by atoms with Crippen LogP contribution in [0, 0.1) is 0 Å². The number of nitrogens with zero attached hydrogens (tertiary/aromatic N) is 1. The van der Waals surface area contributed by atoms with E-state index in [1.165, 1.54) is 0 Å². The molecule has 3 nitrogen and oxygen atoms in total. The Labute approximate surface area is 88.5 Å². The van der Waals surface area contributed by atoms with Crippen LogP contribution < -0.4 is 5.32 Å². The normalized spacial score (nSPS) is 19.3. The van der Waals surface area contributed by atoms with E-state index in [4.69, 9.17) is 0 Å². The van der Waals surface area contributed by atoms with Gasteiger partial charge in [-0.25, -0.2) is 0 Å². The van der Waals surface area contributed by atoms with Crippen molar-refractivity contribution in [3.8, 4) is 0 Å².